The molecule has 0 spiro atoms. The Labute approximate surface area is 188 Å². The molecule has 33 heavy (non-hydrogen) atoms. The Morgan fingerprint density at radius 1 is 0.970 bits per heavy atom. The summed E-state index contributed by atoms with van der Waals surface area (Å²) in [4.78, 5) is 12.8. The third kappa shape index (κ3) is 4.65. The maximum absolute atomic E-state index is 12.8. The largest absolute Gasteiger partial charge is 0.497 e. The monoisotopic (exact) mass is 460 g/mol. The summed E-state index contributed by atoms with van der Waals surface area (Å²) in [5, 5.41) is 40.2. The summed E-state index contributed by atoms with van der Waals surface area (Å²) in [6.07, 6.45) is -7.75. The molecule has 0 saturated carbocycles. The van der Waals surface area contributed by atoms with Gasteiger partial charge in [0.1, 0.15) is 42.4 Å². The smallest absolute Gasteiger partial charge is 0.383 e. The molecular weight excluding hydrogens is 436 g/mol. The van der Waals surface area contributed by atoms with Crippen LogP contribution in [0.15, 0.2) is 57.7 Å². The van der Waals surface area contributed by atoms with Gasteiger partial charge in [0.2, 0.25) is 6.29 Å². The normalized spacial score (nSPS) is 25.1. The highest BCUT2D eigenvalue weighted by Gasteiger charge is 2.45. The molecule has 0 radical (unpaired) electrons. The van der Waals surface area contributed by atoms with E-state index in [0.717, 1.165) is 5.56 Å². The lowest BCUT2D eigenvalue weighted by Crippen LogP contribution is -2.60. The van der Waals surface area contributed by atoms with Crippen LogP contribution in [0, 0.1) is 0 Å². The summed E-state index contributed by atoms with van der Waals surface area (Å²) in [7, 11) is 1.47. The molecular formula is C23H24O10. The second-order valence-electron chi connectivity index (χ2n) is 7.50. The fraction of sp³-hybridized carbons (Fsp3) is 0.348. The number of rotatable bonds is 7. The molecule has 1 saturated heterocycles. The lowest BCUT2D eigenvalue weighted by Gasteiger charge is -2.39. The SMILES string of the molecule is COc1ccc2c(OCc3ccccc3)c(O[C@H]3O[C@H](CO)[C@@H](O)[C@H](O)[C@@H]3O)c(=O)oc2c1. The van der Waals surface area contributed by atoms with Gasteiger partial charge in [0.25, 0.3) is 5.75 Å². The van der Waals surface area contributed by atoms with Crippen molar-refractivity contribution in [3.05, 3.63) is 64.5 Å². The summed E-state index contributed by atoms with van der Waals surface area (Å²) >= 11 is 0. The van der Waals surface area contributed by atoms with Gasteiger partial charge in [0.05, 0.1) is 19.1 Å². The summed E-state index contributed by atoms with van der Waals surface area (Å²) < 4.78 is 27.5. The third-order valence-electron chi connectivity index (χ3n) is 5.34. The van der Waals surface area contributed by atoms with Gasteiger partial charge in [-0.2, -0.15) is 0 Å². The van der Waals surface area contributed by atoms with Crippen LogP contribution in [0.1, 0.15) is 5.56 Å². The van der Waals surface area contributed by atoms with E-state index < -0.39 is 48.7 Å². The Balaban J connectivity index is 1.74. The van der Waals surface area contributed by atoms with Crippen molar-refractivity contribution in [1.29, 1.82) is 0 Å². The zero-order valence-electron chi connectivity index (χ0n) is 17.7. The second-order valence-corrected chi connectivity index (χ2v) is 7.50. The molecule has 0 aliphatic carbocycles. The molecule has 4 N–H and O–H groups in total. The Hall–Kier alpha value is -3.15. The fourth-order valence-electron chi connectivity index (χ4n) is 3.52. The summed E-state index contributed by atoms with van der Waals surface area (Å²) in [5.41, 5.74) is 0.0885. The third-order valence-corrected chi connectivity index (χ3v) is 5.34. The predicted octanol–water partition coefficient (Wildman–Crippen LogP) is 0.559. The van der Waals surface area contributed by atoms with Crippen LogP contribution in [0.3, 0.4) is 0 Å². The van der Waals surface area contributed by atoms with Crippen LogP contribution in [0.4, 0.5) is 0 Å². The number of aliphatic hydroxyl groups is 4. The molecule has 5 atom stereocenters. The van der Waals surface area contributed by atoms with E-state index in [2.05, 4.69) is 0 Å². The standard InChI is InChI=1S/C23H24O10/c1-29-13-7-8-14-15(9-13)31-22(28)21(20(14)30-11-12-5-3-2-4-6-12)33-23-19(27)18(26)17(25)16(10-24)32-23/h2-9,16-19,23-27H,10-11H2,1H3/t16-,17-,18+,19+,23-/m1/s1. The Kier molecular flexibility index (Phi) is 6.82. The molecule has 4 rings (SSSR count). The number of hydrogen-bond donors (Lipinski definition) is 4. The van der Waals surface area contributed by atoms with Crippen molar-refractivity contribution >= 4 is 11.0 Å². The Bertz CT molecular complexity index is 1140. The van der Waals surface area contributed by atoms with E-state index >= 15 is 0 Å². The van der Waals surface area contributed by atoms with Crippen LogP contribution in [-0.4, -0.2) is 64.8 Å². The van der Waals surface area contributed by atoms with Crippen LogP contribution >= 0.6 is 0 Å². The zero-order chi connectivity index (χ0) is 23.5. The molecule has 176 valence electrons. The van der Waals surface area contributed by atoms with Gasteiger partial charge < -0.3 is 43.8 Å². The van der Waals surface area contributed by atoms with Gasteiger partial charge in [-0.1, -0.05) is 30.3 Å². The number of aliphatic hydroxyl groups excluding tert-OH is 4. The molecule has 0 bridgehead atoms. The first-order valence-corrected chi connectivity index (χ1v) is 10.2. The van der Waals surface area contributed by atoms with E-state index in [4.69, 9.17) is 23.4 Å². The summed E-state index contributed by atoms with van der Waals surface area (Å²) in [6, 6.07) is 14.0. The lowest BCUT2D eigenvalue weighted by atomic mass is 9.99. The van der Waals surface area contributed by atoms with Gasteiger partial charge in [0.15, 0.2) is 5.75 Å². The number of methoxy groups -OCH3 is 1. The van der Waals surface area contributed by atoms with Gasteiger partial charge in [-0.05, 0) is 17.7 Å². The van der Waals surface area contributed by atoms with E-state index in [1.807, 2.05) is 30.3 Å². The summed E-state index contributed by atoms with van der Waals surface area (Å²) in [5.74, 6) is 0.0971. The van der Waals surface area contributed by atoms with Crippen molar-refractivity contribution in [2.75, 3.05) is 13.7 Å². The van der Waals surface area contributed by atoms with Crippen molar-refractivity contribution in [2.24, 2.45) is 0 Å². The van der Waals surface area contributed by atoms with E-state index in [1.165, 1.54) is 13.2 Å². The van der Waals surface area contributed by atoms with Gasteiger partial charge in [-0.3, -0.25) is 0 Å². The van der Waals surface area contributed by atoms with Gasteiger partial charge in [0, 0.05) is 6.07 Å². The maximum atomic E-state index is 12.8. The van der Waals surface area contributed by atoms with Crippen LogP contribution in [0.25, 0.3) is 11.0 Å². The predicted molar refractivity (Wildman–Crippen MR) is 114 cm³/mol. The molecule has 2 heterocycles. The van der Waals surface area contributed by atoms with Crippen LogP contribution in [0.5, 0.6) is 17.2 Å². The molecule has 0 unspecified atom stereocenters. The highest BCUT2D eigenvalue weighted by molar-refractivity contribution is 5.86. The van der Waals surface area contributed by atoms with Crippen molar-refractivity contribution in [3.8, 4) is 17.2 Å². The molecule has 1 aromatic heterocycles. The average molecular weight is 460 g/mol. The highest BCUT2D eigenvalue weighted by atomic mass is 16.7. The molecule has 1 fully saturated rings. The van der Waals surface area contributed by atoms with E-state index in [-0.39, 0.29) is 17.9 Å². The fourth-order valence-corrected chi connectivity index (χ4v) is 3.52. The van der Waals surface area contributed by atoms with Crippen molar-refractivity contribution in [3.63, 3.8) is 0 Å². The van der Waals surface area contributed by atoms with Crippen LogP contribution < -0.4 is 19.8 Å². The minimum atomic E-state index is -1.71. The van der Waals surface area contributed by atoms with E-state index in [9.17, 15) is 25.2 Å². The van der Waals surface area contributed by atoms with Gasteiger partial charge in [-0.25, -0.2) is 4.79 Å². The molecule has 1 aliphatic heterocycles. The second kappa shape index (κ2) is 9.77. The van der Waals surface area contributed by atoms with E-state index in [0.29, 0.717) is 11.1 Å². The average Bonchev–Trinajstić information content (AvgIpc) is 2.84. The number of hydrogen-bond acceptors (Lipinski definition) is 10. The van der Waals surface area contributed by atoms with Gasteiger partial charge in [-0.15, -0.1) is 0 Å². The molecule has 0 amide bonds. The quantitative estimate of drug-likeness (QED) is 0.369. The van der Waals surface area contributed by atoms with Crippen molar-refractivity contribution in [2.45, 2.75) is 37.3 Å². The molecule has 10 heteroatoms. The van der Waals surface area contributed by atoms with Crippen molar-refractivity contribution < 1.29 is 43.8 Å². The first-order chi connectivity index (χ1) is 15.9. The molecule has 3 aromatic rings. The Morgan fingerprint density at radius 3 is 2.42 bits per heavy atom. The van der Waals surface area contributed by atoms with E-state index in [1.54, 1.807) is 12.1 Å². The number of benzene rings is 2. The minimum Gasteiger partial charge on any atom is -0.497 e. The van der Waals surface area contributed by atoms with Crippen molar-refractivity contribution in [1.82, 2.24) is 0 Å². The molecule has 2 aromatic carbocycles. The van der Waals surface area contributed by atoms with Gasteiger partial charge >= 0.3 is 5.63 Å². The Morgan fingerprint density at radius 2 is 1.73 bits per heavy atom. The topological polar surface area (TPSA) is 148 Å². The maximum Gasteiger partial charge on any atom is 0.383 e. The first kappa shape index (κ1) is 23.0. The number of ether oxygens (including phenoxy) is 4. The highest BCUT2D eigenvalue weighted by Crippen LogP contribution is 2.36. The molecule has 1 aliphatic rings. The molecule has 10 nitrogen and oxygen atoms in total. The first-order valence-electron chi connectivity index (χ1n) is 10.2. The summed E-state index contributed by atoms with van der Waals surface area (Å²) in [6.45, 7) is -0.551. The zero-order valence-corrected chi connectivity index (χ0v) is 17.7. The van der Waals surface area contributed by atoms with Crippen LogP contribution in [0.2, 0.25) is 0 Å². The number of fused-ring (bicyclic) bond motifs is 1. The lowest BCUT2D eigenvalue weighted by molar-refractivity contribution is -0.278. The van der Waals surface area contributed by atoms with Crippen LogP contribution in [-0.2, 0) is 11.3 Å². The minimum absolute atomic E-state index is 0.0321.